The van der Waals surface area contributed by atoms with E-state index in [4.69, 9.17) is 37.0 Å². The van der Waals surface area contributed by atoms with Gasteiger partial charge in [-0.25, -0.2) is 9.13 Å². The molecule has 3 N–H and O–H groups in total. The molecule has 5 atom stereocenters. The molecule has 0 bridgehead atoms. The number of phosphoric ester groups is 2. The summed E-state index contributed by atoms with van der Waals surface area (Å²) in [6.07, 6.45) is 46.1. The van der Waals surface area contributed by atoms with E-state index < -0.39 is 97.5 Å². The Labute approximate surface area is 562 Å². The van der Waals surface area contributed by atoms with Crippen molar-refractivity contribution in [1.29, 1.82) is 0 Å². The summed E-state index contributed by atoms with van der Waals surface area (Å²) in [5, 5.41) is 10.6. The number of ether oxygens (including phenoxy) is 4. The highest BCUT2D eigenvalue weighted by atomic mass is 31.2. The Morgan fingerprint density at radius 2 is 0.457 bits per heavy atom. The zero-order valence-corrected chi connectivity index (χ0v) is 62.0. The van der Waals surface area contributed by atoms with E-state index in [2.05, 4.69) is 55.4 Å². The predicted octanol–water partition coefficient (Wildman–Crippen LogP) is 20.9. The SMILES string of the molecule is CC(C)CCCCCCCCCCCCCCCCC(=O)OC[C@H](COP(=O)(O)OC[C@@H](O)COP(=O)(O)OC[C@@H](COC(=O)CCCCCCCCC(C)C)OC(=O)CCCCCCCCCC(C)C)OC(=O)CCCCCCCCCCCCCCCC(C)C. The average molecular weight is 1350 g/mol. The van der Waals surface area contributed by atoms with Gasteiger partial charge in [0.2, 0.25) is 0 Å². The maximum Gasteiger partial charge on any atom is 0.472 e. The van der Waals surface area contributed by atoms with Crippen LogP contribution in [0.3, 0.4) is 0 Å². The molecule has 0 amide bonds. The van der Waals surface area contributed by atoms with Crippen LogP contribution >= 0.6 is 15.6 Å². The molecule has 0 aliphatic heterocycles. The molecule has 0 aliphatic rings. The first-order chi connectivity index (χ1) is 44.1. The summed E-state index contributed by atoms with van der Waals surface area (Å²) in [6, 6.07) is 0. The molecule has 0 heterocycles. The van der Waals surface area contributed by atoms with Crippen LogP contribution in [-0.2, 0) is 65.4 Å². The second-order valence-electron chi connectivity index (χ2n) is 28.2. The second-order valence-corrected chi connectivity index (χ2v) is 31.1. The van der Waals surface area contributed by atoms with Gasteiger partial charge in [0.15, 0.2) is 12.2 Å². The first-order valence-electron chi connectivity index (χ1n) is 37.7. The Morgan fingerprint density at radius 1 is 0.272 bits per heavy atom. The standard InChI is InChI=1S/C73H142O17P2/c1-63(2)49-41-33-25-20-16-12-9-10-14-18-22-28-37-45-53-70(75)83-59-68(89-72(77)55-47-39-29-23-19-15-11-13-17-21-26-34-42-50-64(3)4)61-87-91(79,80)85-57-67(74)58-86-92(81,82)88-62-69(60-84-71(76)54-46-38-32-31-36-44-52-66(7)8)90-73(78)56-48-40-30-24-27-35-43-51-65(5)6/h63-69,74H,9-62H2,1-8H3,(H,79,80)(H,81,82)/t67-,68-,69-/m1/s1. The van der Waals surface area contributed by atoms with Gasteiger partial charge in [0.1, 0.15) is 19.3 Å². The number of hydrogen-bond donors (Lipinski definition) is 3. The van der Waals surface area contributed by atoms with E-state index in [0.717, 1.165) is 108 Å². The molecule has 17 nitrogen and oxygen atoms in total. The van der Waals surface area contributed by atoms with Crippen molar-refractivity contribution in [2.45, 2.75) is 382 Å². The molecule has 0 fully saturated rings. The molecule has 19 heteroatoms. The highest BCUT2D eigenvalue weighted by molar-refractivity contribution is 7.47. The molecule has 0 radical (unpaired) electrons. The third kappa shape index (κ3) is 66.7. The van der Waals surface area contributed by atoms with Crippen LogP contribution in [0, 0.1) is 23.7 Å². The van der Waals surface area contributed by atoms with Gasteiger partial charge in [-0.2, -0.15) is 0 Å². The minimum absolute atomic E-state index is 0.102. The molecular formula is C73H142O17P2. The molecule has 0 aromatic heterocycles. The summed E-state index contributed by atoms with van der Waals surface area (Å²) in [4.78, 5) is 72.6. The molecule has 0 aliphatic carbocycles. The van der Waals surface area contributed by atoms with Gasteiger partial charge in [-0.1, -0.05) is 312 Å². The number of aliphatic hydroxyl groups excluding tert-OH is 1. The molecule has 0 spiro atoms. The smallest absolute Gasteiger partial charge is 0.462 e. The minimum atomic E-state index is -4.96. The van der Waals surface area contributed by atoms with E-state index in [1.807, 2.05) is 0 Å². The van der Waals surface area contributed by atoms with E-state index in [9.17, 15) is 43.2 Å². The zero-order valence-electron chi connectivity index (χ0n) is 60.2. The number of aliphatic hydroxyl groups is 1. The van der Waals surface area contributed by atoms with E-state index in [-0.39, 0.29) is 25.7 Å². The molecule has 0 rings (SSSR count). The van der Waals surface area contributed by atoms with Crippen molar-refractivity contribution in [3.63, 3.8) is 0 Å². The quantitative estimate of drug-likeness (QED) is 0.0222. The topological polar surface area (TPSA) is 237 Å². The van der Waals surface area contributed by atoms with Crippen LogP contribution in [-0.4, -0.2) is 96.7 Å². The van der Waals surface area contributed by atoms with Crippen molar-refractivity contribution in [2.24, 2.45) is 23.7 Å². The van der Waals surface area contributed by atoms with Crippen molar-refractivity contribution < 1.29 is 80.2 Å². The fourth-order valence-electron chi connectivity index (χ4n) is 11.0. The molecule has 0 aromatic rings. The van der Waals surface area contributed by atoms with Gasteiger partial charge in [0.25, 0.3) is 0 Å². The number of carbonyl (C=O) groups is 4. The van der Waals surface area contributed by atoms with Crippen LogP contribution < -0.4 is 0 Å². The summed E-state index contributed by atoms with van der Waals surface area (Å²) >= 11 is 0. The first-order valence-corrected chi connectivity index (χ1v) is 40.7. The van der Waals surface area contributed by atoms with Crippen LogP contribution in [0.2, 0.25) is 0 Å². The number of carbonyl (C=O) groups excluding carboxylic acids is 4. The maximum absolute atomic E-state index is 13.1. The average Bonchev–Trinajstić information content (AvgIpc) is 2.40. The number of phosphoric acid groups is 2. The Bertz CT molecular complexity index is 1820. The summed E-state index contributed by atoms with van der Waals surface area (Å²) < 4.78 is 68.3. The Hall–Kier alpha value is -1.94. The zero-order chi connectivity index (χ0) is 68.2. The van der Waals surface area contributed by atoms with Crippen molar-refractivity contribution in [1.82, 2.24) is 0 Å². The number of unbranched alkanes of at least 4 members (excludes halogenated alkanes) is 36. The molecule has 2 unspecified atom stereocenters. The van der Waals surface area contributed by atoms with Gasteiger partial charge in [0, 0.05) is 25.7 Å². The minimum Gasteiger partial charge on any atom is -0.462 e. The number of hydrogen-bond acceptors (Lipinski definition) is 15. The Kier molecular flexibility index (Phi) is 61.3. The monoisotopic (exact) mass is 1350 g/mol. The third-order valence-corrected chi connectivity index (χ3v) is 18.7. The number of esters is 4. The lowest BCUT2D eigenvalue weighted by molar-refractivity contribution is -0.161. The van der Waals surface area contributed by atoms with Crippen LogP contribution in [0.4, 0.5) is 0 Å². The maximum atomic E-state index is 13.1. The molecule has 0 saturated heterocycles. The van der Waals surface area contributed by atoms with E-state index in [1.54, 1.807) is 0 Å². The van der Waals surface area contributed by atoms with Crippen molar-refractivity contribution in [3.8, 4) is 0 Å². The van der Waals surface area contributed by atoms with Gasteiger partial charge < -0.3 is 33.8 Å². The van der Waals surface area contributed by atoms with Crippen LogP contribution in [0.1, 0.15) is 364 Å². The fraction of sp³-hybridized carbons (Fsp3) is 0.945. The largest absolute Gasteiger partial charge is 0.472 e. The molecular weight excluding hydrogens is 1210 g/mol. The van der Waals surface area contributed by atoms with E-state index >= 15 is 0 Å². The fourth-order valence-corrected chi connectivity index (χ4v) is 12.6. The predicted molar refractivity (Wildman–Crippen MR) is 372 cm³/mol. The lowest BCUT2D eigenvalue weighted by Gasteiger charge is -2.21. The van der Waals surface area contributed by atoms with E-state index in [0.29, 0.717) is 37.5 Å². The second kappa shape index (κ2) is 62.6. The third-order valence-electron chi connectivity index (χ3n) is 16.8. The normalized spacial score (nSPS) is 14.2. The van der Waals surface area contributed by atoms with Gasteiger partial charge in [-0.3, -0.25) is 37.3 Å². The van der Waals surface area contributed by atoms with Crippen molar-refractivity contribution in [3.05, 3.63) is 0 Å². The number of rotatable bonds is 70. The van der Waals surface area contributed by atoms with Gasteiger partial charge in [-0.05, 0) is 49.4 Å². The highest BCUT2D eigenvalue weighted by Crippen LogP contribution is 2.45. The lowest BCUT2D eigenvalue weighted by atomic mass is 10.0. The lowest BCUT2D eigenvalue weighted by Crippen LogP contribution is -2.30. The molecule has 0 aromatic carbocycles. The van der Waals surface area contributed by atoms with Crippen LogP contribution in [0.25, 0.3) is 0 Å². The molecule has 92 heavy (non-hydrogen) atoms. The summed E-state index contributed by atoms with van der Waals surface area (Å²) in [6.45, 7) is 14.1. The Morgan fingerprint density at radius 3 is 0.674 bits per heavy atom. The summed E-state index contributed by atoms with van der Waals surface area (Å²) in [7, 11) is -9.91. The van der Waals surface area contributed by atoms with E-state index in [1.165, 1.54) is 161 Å². The molecule has 0 saturated carbocycles. The van der Waals surface area contributed by atoms with Gasteiger partial charge >= 0.3 is 39.5 Å². The summed E-state index contributed by atoms with van der Waals surface area (Å²) in [5.74, 6) is 0.832. The summed E-state index contributed by atoms with van der Waals surface area (Å²) in [5.41, 5.74) is 0. The Balaban J connectivity index is 5.22. The van der Waals surface area contributed by atoms with Gasteiger partial charge in [0.05, 0.1) is 26.4 Å². The van der Waals surface area contributed by atoms with Crippen molar-refractivity contribution in [2.75, 3.05) is 39.6 Å². The van der Waals surface area contributed by atoms with Crippen LogP contribution in [0.15, 0.2) is 0 Å². The highest BCUT2D eigenvalue weighted by Gasteiger charge is 2.30. The van der Waals surface area contributed by atoms with Crippen LogP contribution in [0.5, 0.6) is 0 Å². The first kappa shape index (κ1) is 90.1. The van der Waals surface area contributed by atoms with Crippen molar-refractivity contribution >= 4 is 39.5 Å². The van der Waals surface area contributed by atoms with Gasteiger partial charge in [-0.15, -0.1) is 0 Å². The molecule has 546 valence electrons.